The Hall–Kier alpha value is 0.0569. The van der Waals surface area contributed by atoms with E-state index in [4.69, 9.17) is 8.85 Å². The van der Waals surface area contributed by atoms with Crippen LogP contribution in [-0.2, 0) is 8.85 Å². The van der Waals surface area contributed by atoms with E-state index < -0.39 is 8.88 Å². The molecule has 2 saturated heterocycles. The third kappa shape index (κ3) is 2.44. The second-order valence-corrected chi connectivity index (χ2v) is 8.81. The number of hydrogen-bond donors (Lipinski definition) is 0. The smallest absolute Gasteiger partial charge is 0.374 e. The zero-order valence-corrected chi connectivity index (χ0v) is 12.6. The molecule has 0 amide bonds. The Morgan fingerprint density at radius 2 is 1.29 bits per heavy atom. The molecule has 0 radical (unpaired) electrons. The predicted octanol–water partition coefficient (Wildman–Crippen LogP) is 1.40. The molecule has 0 aromatic heterocycles. The van der Waals surface area contributed by atoms with Gasteiger partial charge in [-0.3, -0.25) is 9.13 Å². The van der Waals surface area contributed by atoms with Gasteiger partial charge < -0.3 is 8.85 Å². The van der Waals surface area contributed by atoms with Gasteiger partial charge in [-0.25, -0.2) is 0 Å². The summed E-state index contributed by atoms with van der Waals surface area (Å²) in [5.74, 6) is 1.54. The van der Waals surface area contributed by atoms with Crippen molar-refractivity contribution in [1.82, 2.24) is 9.13 Å². The van der Waals surface area contributed by atoms with Crippen LogP contribution in [0.15, 0.2) is 0 Å². The second kappa shape index (κ2) is 5.36. The van der Waals surface area contributed by atoms with Crippen LogP contribution in [0.5, 0.6) is 0 Å². The molecular weight excluding hydrogens is 232 g/mol. The van der Waals surface area contributed by atoms with E-state index in [2.05, 4.69) is 23.0 Å². The minimum Gasteiger partial charge on any atom is -0.374 e. The Labute approximate surface area is 106 Å². The van der Waals surface area contributed by atoms with Crippen molar-refractivity contribution in [2.75, 3.05) is 40.4 Å². The highest BCUT2D eigenvalue weighted by Gasteiger charge is 2.53. The first kappa shape index (κ1) is 13.5. The predicted molar refractivity (Wildman–Crippen MR) is 70.5 cm³/mol. The van der Waals surface area contributed by atoms with Gasteiger partial charge in [0.15, 0.2) is 0 Å². The summed E-state index contributed by atoms with van der Waals surface area (Å²) in [6.07, 6.45) is 2.54. The van der Waals surface area contributed by atoms with E-state index in [1.807, 2.05) is 14.2 Å². The van der Waals surface area contributed by atoms with Crippen molar-refractivity contribution in [1.29, 1.82) is 0 Å². The van der Waals surface area contributed by atoms with Crippen LogP contribution in [-0.4, -0.2) is 58.4 Å². The number of nitrogens with zero attached hydrogens (tertiary/aromatic N) is 2. The Morgan fingerprint density at radius 1 is 0.882 bits per heavy atom. The van der Waals surface area contributed by atoms with Crippen LogP contribution in [0.4, 0.5) is 0 Å². The molecule has 0 aromatic rings. The first-order chi connectivity index (χ1) is 8.12. The molecule has 2 heterocycles. The lowest BCUT2D eigenvalue weighted by molar-refractivity contribution is 0.110. The van der Waals surface area contributed by atoms with Crippen molar-refractivity contribution in [3.63, 3.8) is 0 Å². The lowest BCUT2D eigenvalue weighted by Crippen LogP contribution is -2.67. The highest BCUT2D eigenvalue weighted by Crippen LogP contribution is 2.29. The summed E-state index contributed by atoms with van der Waals surface area (Å²) < 4.78 is 16.8. The van der Waals surface area contributed by atoms with Gasteiger partial charge in [0.2, 0.25) is 0 Å². The molecule has 2 aliphatic rings. The van der Waals surface area contributed by atoms with Crippen LogP contribution in [0.1, 0.15) is 26.7 Å². The van der Waals surface area contributed by atoms with E-state index in [1.165, 1.54) is 12.8 Å². The van der Waals surface area contributed by atoms with Crippen LogP contribution < -0.4 is 0 Å². The van der Waals surface area contributed by atoms with Crippen molar-refractivity contribution in [3.8, 4) is 0 Å². The fourth-order valence-corrected chi connectivity index (χ4v) is 6.69. The molecule has 2 atom stereocenters. The average Bonchev–Trinajstić information content (AvgIpc) is 2.92. The van der Waals surface area contributed by atoms with Gasteiger partial charge in [0.25, 0.3) is 0 Å². The van der Waals surface area contributed by atoms with Crippen LogP contribution in [0.25, 0.3) is 0 Å². The Kier molecular flexibility index (Phi) is 4.25. The zero-order chi connectivity index (χ0) is 12.5. The molecule has 0 bridgehead atoms. The van der Waals surface area contributed by atoms with Crippen molar-refractivity contribution >= 4 is 8.88 Å². The standard InChI is InChI=1S/C12H26N2O2Si/c1-11-5-7-13(9-11)17(15-3,16-4)14-8-6-12(2)10-14/h11-12H,5-10H2,1-4H3. The Bertz CT molecular complexity index is 239. The SMILES string of the molecule is CO[Si](OC)(N1CCC(C)C1)N1CCC(C)C1. The highest BCUT2D eigenvalue weighted by atomic mass is 28.4. The molecule has 0 aromatic carbocycles. The Morgan fingerprint density at radius 3 is 1.53 bits per heavy atom. The number of rotatable bonds is 4. The minimum absolute atomic E-state index is 0.771. The summed E-state index contributed by atoms with van der Waals surface area (Å²) in [6, 6.07) is 0. The third-order valence-electron chi connectivity index (χ3n) is 4.18. The van der Waals surface area contributed by atoms with Crippen molar-refractivity contribution in [3.05, 3.63) is 0 Å². The van der Waals surface area contributed by atoms with Gasteiger partial charge in [-0.2, -0.15) is 0 Å². The summed E-state index contributed by atoms with van der Waals surface area (Å²) in [5, 5.41) is 0. The topological polar surface area (TPSA) is 24.9 Å². The first-order valence-electron chi connectivity index (χ1n) is 6.72. The quantitative estimate of drug-likeness (QED) is 0.712. The normalized spacial score (nSPS) is 32.5. The molecule has 100 valence electrons. The summed E-state index contributed by atoms with van der Waals surface area (Å²) in [4.78, 5) is 0. The van der Waals surface area contributed by atoms with Gasteiger partial charge in [0.1, 0.15) is 0 Å². The van der Waals surface area contributed by atoms with E-state index >= 15 is 0 Å². The van der Waals surface area contributed by atoms with Crippen molar-refractivity contribution in [2.24, 2.45) is 11.8 Å². The van der Waals surface area contributed by atoms with Gasteiger partial charge >= 0.3 is 8.88 Å². The van der Waals surface area contributed by atoms with E-state index in [-0.39, 0.29) is 0 Å². The van der Waals surface area contributed by atoms with E-state index in [0.29, 0.717) is 0 Å². The molecule has 2 aliphatic heterocycles. The lowest BCUT2D eigenvalue weighted by atomic mass is 10.2. The maximum atomic E-state index is 5.92. The maximum Gasteiger partial charge on any atom is 0.522 e. The molecule has 4 nitrogen and oxygen atoms in total. The molecule has 0 saturated carbocycles. The van der Waals surface area contributed by atoms with Gasteiger partial charge in [0.05, 0.1) is 0 Å². The summed E-state index contributed by atoms with van der Waals surface area (Å²) in [5.41, 5.74) is 0. The van der Waals surface area contributed by atoms with E-state index in [0.717, 1.165) is 38.0 Å². The highest BCUT2D eigenvalue weighted by molar-refractivity contribution is 6.61. The fraction of sp³-hybridized carbons (Fsp3) is 1.00. The van der Waals surface area contributed by atoms with Crippen LogP contribution in [0.2, 0.25) is 0 Å². The average molecular weight is 258 g/mol. The van der Waals surface area contributed by atoms with Gasteiger partial charge in [-0.05, 0) is 50.9 Å². The Balaban J connectivity index is 2.13. The maximum absolute atomic E-state index is 5.92. The van der Waals surface area contributed by atoms with Crippen LogP contribution >= 0.6 is 0 Å². The molecule has 5 heteroatoms. The van der Waals surface area contributed by atoms with Crippen LogP contribution in [0.3, 0.4) is 0 Å². The van der Waals surface area contributed by atoms with Gasteiger partial charge in [-0.15, -0.1) is 0 Å². The van der Waals surface area contributed by atoms with Crippen molar-refractivity contribution in [2.45, 2.75) is 26.7 Å². The summed E-state index contributed by atoms with van der Waals surface area (Å²) >= 11 is 0. The minimum atomic E-state index is -2.29. The molecule has 2 fully saturated rings. The van der Waals surface area contributed by atoms with E-state index in [9.17, 15) is 0 Å². The lowest BCUT2D eigenvalue weighted by Gasteiger charge is -2.41. The molecule has 2 unspecified atom stereocenters. The zero-order valence-electron chi connectivity index (χ0n) is 11.6. The molecule has 0 aliphatic carbocycles. The van der Waals surface area contributed by atoms with Crippen molar-refractivity contribution < 1.29 is 8.85 Å². The molecule has 0 spiro atoms. The first-order valence-corrected chi connectivity index (χ1v) is 8.44. The molecule has 17 heavy (non-hydrogen) atoms. The number of hydrogen-bond acceptors (Lipinski definition) is 4. The third-order valence-corrected chi connectivity index (χ3v) is 7.65. The van der Waals surface area contributed by atoms with Crippen LogP contribution in [0, 0.1) is 11.8 Å². The summed E-state index contributed by atoms with van der Waals surface area (Å²) in [7, 11) is 1.35. The molecule has 2 rings (SSSR count). The van der Waals surface area contributed by atoms with Gasteiger partial charge in [-0.1, -0.05) is 13.8 Å². The second-order valence-electron chi connectivity index (χ2n) is 5.64. The largest absolute Gasteiger partial charge is 0.522 e. The summed E-state index contributed by atoms with van der Waals surface area (Å²) in [6.45, 7) is 9.13. The molecular formula is C12H26N2O2Si. The van der Waals surface area contributed by atoms with E-state index in [1.54, 1.807) is 0 Å². The fourth-order valence-electron chi connectivity index (χ4n) is 3.18. The monoisotopic (exact) mass is 258 g/mol. The molecule has 0 N–H and O–H groups in total. The van der Waals surface area contributed by atoms with Gasteiger partial charge in [0, 0.05) is 14.2 Å².